The molecule has 146 valence electrons. The maximum Gasteiger partial charge on any atom is 0.312 e. The maximum atomic E-state index is 12.4. The van der Waals surface area contributed by atoms with Gasteiger partial charge >= 0.3 is 5.97 Å². The highest BCUT2D eigenvalue weighted by Crippen LogP contribution is 2.30. The van der Waals surface area contributed by atoms with Crippen molar-refractivity contribution in [1.29, 1.82) is 0 Å². The van der Waals surface area contributed by atoms with Crippen LogP contribution in [0.1, 0.15) is 39.0 Å². The molecule has 1 N–H and O–H groups in total. The molecule has 3 rings (SSSR count). The molecular weight excluding hydrogens is 393 g/mol. The lowest BCUT2D eigenvalue weighted by molar-refractivity contribution is -0.157. The van der Waals surface area contributed by atoms with Crippen LogP contribution >= 0.6 is 23.2 Å². The second-order valence-corrected chi connectivity index (χ2v) is 7.78. The maximum absolute atomic E-state index is 12.4. The molecule has 2 aliphatic rings. The standard InChI is InChI=1S/C18H21Cl2N3O4/c1-10(17(25)22-16-14(20)7-12(19)8-21-16)27-18(26)11-6-15(24)23(9-11)13-4-2-3-5-13/h7-8,10-11,13H,2-6,9H2,1H3,(H,21,22,25)/t10-,11+/m1/s1. The summed E-state index contributed by atoms with van der Waals surface area (Å²) in [6.45, 7) is 1.82. The van der Waals surface area contributed by atoms with Crippen LogP contribution in [0.3, 0.4) is 0 Å². The highest BCUT2D eigenvalue weighted by molar-refractivity contribution is 6.36. The average Bonchev–Trinajstić information content (AvgIpc) is 3.26. The minimum absolute atomic E-state index is 0.0156. The second kappa shape index (κ2) is 8.44. The number of nitrogens with zero attached hydrogens (tertiary/aromatic N) is 2. The van der Waals surface area contributed by atoms with Gasteiger partial charge in [-0.2, -0.15) is 0 Å². The first-order chi connectivity index (χ1) is 12.8. The Morgan fingerprint density at radius 3 is 2.70 bits per heavy atom. The first kappa shape index (κ1) is 19.9. The first-order valence-electron chi connectivity index (χ1n) is 8.97. The third-order valence-corrected chi connectivity index (χ3v) is 5.46. The van der Waals surface area contributed by atoms with Crippen LogP contribution in [0.4, 0.5) is 5.82 Å². The van der Waals surface area contributed by atoms with E-state index in [2.05, 4.69) is 10.3 Å². The van der Waals surface area contributed by atoms with Gasteiger partial charge in [0.15, 0.2) is 11.9 Å². The number of esters is 1. The second-order valence-electron chi connectivity index (χ2n) is 6.94. The van der Waals surface area contributed by atoms with E-state index >= 15 is 0 Å². The van der Waals surface area contributed by atoms with E-state index in [1.165, 1.54) is 19.2 Å². The number of amides is 2. The lowest BCUT2D eigenvalue weighted by Gasteiger charge is -2.24. The van der Waals surface area contributed by atoms with Crippen LogP contribution in [-0.4, -0.2) is 46.4 Å². The van der Waals surface area contributed by atoms with Crippen molar-refractivity contribution in [3.63, 3.8) is 0 Å². The molecule has 1 aliphatic carbocycles. The highest BCUT2D eigenvalue weighted by Gasteiger charge is 2.40. The minimum Gasteiger partial charge on any atom is -0.452 e. The summed E-state index contributed by atoms with van der Waals surface area (Å²) in [7, 11) is 0. The van der Waals surface area contributed by atoms with Gasteiger partial charge in [0.25, 0.3) is 5.91 Å². The van der Waals surface area contributed by atoms with Crippen molar-refractivity contribution >= 4 is 46.8 Å². The Hall–Kier alpha value is -1.86. The Bertz CT molecular complexity index is 752. The number of halogens is 2. The zero-order chi connectivity index (χ0) is 19.6. The van der Waals surface area contributed by atoms with E-state index in [1.54, 1.807) is 4.90 Å². The first-order valence-corrected chi connectivity index (χ1v) is 9.72. The Labute approximate surface area is 167 Å². The summed E-state index contributed by atoms with van der Waals surface area (Å²) in [5, 5.41) is 3.03. The molecule has 0 unspecified atom stereocenters. The molecule has 27 heavy (non-hydrogen) atoms. The smallest absolute Gasteiger partial charge is 0.312 e. The summed E-state index contributed by atoms with van der Waals surface area (Å²) < 4.78 is 5.26. The van der Waals surface area contributed by atoms with E-state index in [0.29, 0.717) is 11.6 Å². The van der Waals surface area contributed by atoms with Gasteiger partial charge in [-0.15, -0.1) is 0 Å². The number of likely N-dealkylation sites (tertiary alicyclic amines) is 1. The Kier molecular flexibility index (Phi) is 6.22. The summed E-state index contributed by atoms with van der Waals surface area (Å²) >= 11 is 11.7. The van der Waals surface area contributed by atoms with E-state index in [-0.39, 0.29) is 29.2 Å². The zero-order valence-corrected chi connectivity index (χ0v) is 16.4. The minimum atomic E-state index is -1.04. The van der Waals surface area contributed by atoms with Crippen LogP contribution in [0, 0.1) is 5.92 Å². The van der Waals surface area contributed by atoms with Crippen LogP contribution in [0.2, 0.25) is 10.0 Å². The molecule has 2 atom stereocenters. The molecule has 1 aromatic heterocycles. The van der Waals surface area contributed by atoms with Gasteiger partial charge in [0.2, 0.25) is 5.91 Å². The summed E-state index contributed by atoms with van der Waals surface area (Å²) in [4.78, 5) is 42.6. The molecule has 0 spiro atoms. The summed E-state index contributed by atoms with van der Waals surface area (Å²) in [5.74, 6) is -1.51. The quantitative estimate of drug-likeness (QED) is 0.749. The third kappa shape index (κ3) is 4.71. The van der Waals surface area contributed by atoms with Crippen molar-refractivity contribution < 1.29 is 19.1 Å². The van der Waals surface area contributed by atoms with Crippen molar-refractivity contribution in [2.75, 3.05) is 11.9 Å². The largest absolute Gasteiger partial charge is 0.452 e. The van der Waals surface area contributed by atoms with Gasteiger partial charge in [-0.25, -0.2) is 4.98 Å². The Morgan fingerprint density at radius 1 is 1.33 bits per heavy atom. The number of carbonyl (C=O) groups is 3. The number of aromatic nitrogens is 1. The monoisotopic (exact) mass is 413 g/mol. The third-order valence-electron chi connectivity index (χ3n) is 4.97. The van der Waals surface area contributed by atoms with Gasteiger partial charge in [-0.05, 0) is 25.8 Å². The van der Waals surface area contributed by atoms with Crippen LogP contribution < -0.4 is 5.32 Å². The molecule has 0 radical (unpaired) electrons. The van der Waals surface area contributed by atoms with Gasteiger partial charge in [0.05, 0.1) is 16.0 Å². The van der Waals surface area contributed by atoms with Gasteiger partial charge in [-0.3, -0.25) is 14.4 Å². The number of nitrogens with one attached hydrogen (secondary N) is 1. The number of rotatable bonds is 5. The number of ether oxygens (including phenoxy) is 1. The number of pyridine rings is 1. The van der Waals surface area contributed by atoms with Crippen molar-refractivity contribution in [2.24, 2.45) is 5.92 Å². The molecule has 2 amide bonds. The molecular formula is C18H21Cl2N3O4. The highest BCUT2D eigenvalue weighted by atomic mass is 35.5. The fourth-order valence-corrected chi connectivity index (χ4v) is 3.93. The lowest BCUT2D eigenvalue weighted by atomic mass is 10.1. The van der Waals surface area contributed by atoms with Crippen molar-refractivity contribution in [2.45, 2.75) is 51.2 Å². The van der Waals surface area contributed by atoms with E-state index < -0.39 is 23.9 Å². The van der Waals surface area contributed by atoms with E-state index in [9.17, 15) is 14.4 Å². The number of hydrogen-bond donors (Lipinski definition) is 1. The molecule has 2 heterocycles. The molecule has 0 bridgehead atoms. The number of hydrogen-bond acceptors (Lipinski definition) is 5. The van der Waals surface area contributed by atoms with Gasteiger partial charge in [0.1, 0.15) is 0 Å². The van der Waals surface area contributed by atoms with Crippen LogP contribution in [0.25, 0.3) is 0 Å². The van der Waals surface area contributed by atoms with Gasteiger partial charge in [0, 0.05) is 25.2 Å². The fourth-order valence-electron chi connectivity index (χ4n) is 3.51. The lowest BCUT2D eigenvalue weighted by Crippen LogP contribution is -2.36. The molecule has 9 heteroatoms. The molecule has 2 fully saturated rings. The fraction of sp³-hybridized carbons (Fsp3) is 0.556. The zero-order valence-electron chi connectivity index (χ0n) is 14.9. The summed E-state index contributed by atoms with van der Waals surface area (Å²) in [6, 6.07) is 1.68. The molecule has 7 nitrogen and oxygen atoms in total. The van der Waals surface area contributed by atoms with E-state index in [1.807, 2.05) is 0 Å². The Balaban J connectivity index is 1.54. The predicted octanol–water partition coefficient (Wildman–Crippen LogP) is 3.05. The normalized spacial score (nSPS) is 21.4. The van der Waals surface area contributed by atoms with Crippen LogP contribution in [0.5, 0.6) is 0 Å². The summed E-state index contributed by atoms with van der Waals surface area (Å²) in [6.07, 6.45) is 4.64. The molecule has 1 aromatic rings. The number of carbonyl (C=O) groups excluding carboxylic acids is 3. The van der Waals surface area contributed by atoms with E-state index in [0.717, 1.165) is 25.7 Å². The van der Waals surface area contributed by atoms with E-state index in [4.69, 9.17) is 27.9 Å². The molecule has 1 saturated heterocycles. The predicted molar refractivity (Wildman–Crippen MR) is 101 cm³/mol. The van der Waals surface area contributed by atoms with Crippen LogP contribution in [-0.2, 0) is 19.1 Å². The number of anilines is 1. The Morgan fingerprint density at radius 2 is 2.04 bits per heavy atom. The average molecular weight is 414 g/mol. The topological polar surface area (TPSA) is 88.6 Å². The van der Waals surface area contributed by atoms with Crippen molar-refractivity contribution in [3.05, 3.63) is 22.3 Å². The molecule has 1 aliphatic heterocycles. The molecule has 1 saturated carbocycles. The van der Waals surface area contributed by atoms with Gasteiger partial charge in [-0.1, -0.05) is 36.0 Å². The molecule has 0 aromatic carbocycles. The van der Waals surface area contributed by atoms with Crippen molar-refractivity contribution in [3.8, 4) is 0 Å². The van der Waals surface area contributed by atoms with Crippen LogP contribution in [0.15, 0.2) is 12.3 Å². The SMILES string of the molecule is C[C@@H](OC(=O)[C@H]1CC(=O)N(C2CCCC2)C1)C(=O)Nc1ncc(Cl)cc1Cl. The van der Waals surface area contributed by atoms with Crippen molar-refractivity contribution in [1.82, 2.24) is 9.88 Å². The summed E-state index contributed by atoms with van der Waals surface area (Å²) in [5.41, 5.74) is 0. The van der Waals surface area contributed by atoms with Gasteiger partial charge < -0.3 is 15.0 Å².